The molecule has 1 aliphatic carbocycles. The molecular formula is C16H17F3N4O2. The zero-order chi connectivity index (χ0) is 18.0. The summed E-state index contributed by atoms with van der Waals surface area (Å²) in [6.07, 6.45) is -1.97. The molecule has 1 fully saturated rings. The van der Waals surface area contributed by atoms with Gasteiger partial charge in [-0.05, 0) is 25.0 Å². The minimum atomic E-state index is -4.46. The number of aromatic nitrogens is 3. The largest absolute Gasteiger partial charge is 0.419 e. The van der Waals surface area contributed by atoms with Gasteiger partial charge in [-0.15, -0.1) is 0 Å². The zero-order valence-electron chi connectivity index (χ0n) is 13.4. The number of alkyl halides is 3. The van der Waals surface area contributed by atoms with Gasteiger partial charge in [0.15, 0.2) is 0 Å². The molecule has 25 heavy (non-hydrogen) atoms. The van der Waals surface area contributed by atoms with Crippen molar-refractivity contribution in [3.05, 3.63) is 51.8 Å². The average Bonchev–Trinajstić information content (AvgIpc) is 2.49. The van der Waals surface area contributed by atoms with Crippen molar-refractivity contribution in [1.29, 1.82) is 0 Å². The van der Waals surface area contributed by atoms with E-state index in [0.717, 1.165) is 6.07 Å². The number of pyridine rings is 1. The van der Waals surface area contributed by atoms with Crippen molar-refractivity contribution in [3.63, 3.8) is 0 Å². The molecule has 0 aromatic carbocycles. The molecule has 9 heteroatoms. The van der Waals surface area contributed by atoms with Gasteiger partial charge in [-0.3, -0.25) is 4.79 Å². The average molecular weight is 354 g/mol. The Balaban J connectivity index is 1.67. The van der Waals surface area contributed by atoms with E-state index in [0.29, 0.717) is 24.4 Å². The molecule has 0 amide bonds. The Morgan fingerprint density at radius 2 is 2.16 bits per heavy atom. The number of methoxy groups -OCH3 is 1. The first-order valence-corrected chi connectivity index (χ1v) is 7.74. The first-order chi connectivity index (χ1) is 11.9. The van der Waals surface area contributed by atoms with Gasteiger partial charge in [0.25, 0.3) is 5.56 Å². The highest BCUT2D eigenvalue weighted by Gasteiger charge is 2.37. The lowest BCUT2D eigenvalue weighted by molar-refractivity contribution is -0.137. The third-order valence-corrected chi connectivity index (χ3v) is 4.10. The van der Waals surface area contributed by atoms with Crippen molar-refractivity contribution < 1.29 is 17.9 Å². The summed E-state index contributed by atoms with van der Waals surface area (Å²) in [7, 11) is 1.50. The van der Waals surface area contributed by atoms with Gasteiger partial charge in [-0.25, -0.2) is 9.97 Å². The lowest BCUT2D eigenvalue weighted by Crippen LogP contribution is -2.36. The van der Waals surface area contributed by atoms with E-state index in [4.69, 9.17) is 4.74 Å². The van der Waals surface area contributed by atoms with Crippen molar-refractivity contribution in [2.75, 3.05) is 12.4 Å². The molecule has 0 saturated heterocycles. The molecule has 2 aromatic rings. The molecule has 2 aromatic heterocycles. The first-order valence-electron chi connectivity index (χ1n) is 7.74. The second-order valence-electron chi connectivity index (χ2n) is 5.96. The number of halogens is 3. The van der Waals surface area contributed by atoms with Crippen LogP contribution in [-0.2, 0) is 17.5 Å². The number of rotatable bonds is 5. The summed E-state index contributed by atoms with van der Waals surface area (Å²) in [5.41, 5.74) is -0.418. The summed E-state index contributed by atoms with van der Waals surface area (Å²) in [5, 5.41) is 2.84. The zero-order valence-corrected chi connectivity index (χ0v) is 13.4. The molecule has 0 atom stereocenters. The molecule has 2 N–H and O–H groups in total. The first kappa shape index (κ1) is 17.4. The van der Waals surface area contributed by atoms with Gasteiger partial charge < -0.3 is 15.0 Å². The number of hydrogen-bond donors (Lipinski definition) is 2. The van der Waals surface area contributed by atoms with Gasteiger partial charge in [0, 0.05) is 31.3 Å². The molecule has 1 aliphatic rings. The Morgan fingerprint density at radius 3 is 2.84 bits per heavy atom. The number of aromatic amines is 1. The molecule has 3 rings (SSSR count). The molecule has 0 radical (unpaired) electrons. The van der Waals surface area contributed by atoms with Crippen LogP contribution in [0.3, 0.4) is 0 Å². The van der Waals surface area contributed by atoms with Crippen molar-refractivity contribution in [3.8, 4) is 0 Å². The standard InChI is InChI=1S/C16H17F3N4O2/c1-25-8-13-22-12(7-14(24)23-13)9-5-10(6-9)21-15-11(16(17,18)19)3-2-4-20-15/h2-4,7,9-10H,5-6,8H2,1H3,(H,20,21)(H,22,23,24). The predicted molar refractivity (Wildman–Crippen MR) is 84.2 cm³/mol. The Morgan fingerprint density at radius 1 is 1.40 bits per heavy atom. The van der Waals surface area contributed by atoms with Gasteiger partial charge in [0.05, 0.1) is 11.3 Å². The lowest BCUT2D eigenvalue weighted by atomic mass is 9.78. The van der Waals surface area contributed by atoms with Crippen LogP contribution in [0.2, 0.25) is 0 Å². The van der Waals surface area contributed by atoms with E-state index in [1.165, 1.54) is 25.4 Å². The summed E-state index contributed by atoms with van der Waals surface area (Å²) >= 11 is 0. The highest BCUT2D eigenvalue weighted by atomic mass is 19.4. The van der Waals surface area contributed by atoms with Crippen molar-refractivity contribution >= 4 is 5.82 Å². The minimum absolute atomic E-state index is 0.0217. The molecular weight excluding hydrogens is 337 g/mol. The summed E-state index contributed by atoms with van der Waals surface area (Å²) in [6.45, 7) is 0.195. The highest BCUT2D eigenvalue weighted by Crippen LogP contribution is 2.39. The van der Waals surface area contributed by atoms with Crippen molar-refractivity contribution in [1.82, 2.24) is 15.0 Å². The monoisotopic (exact) mass is 354 g/mol. The number of hydrogen-bond acceptors (Lipinski definition) is 5. The van der Waals surface area contributed by atoms with Crippen LogP contribution in [0.5, 0.6) is 0 Å². The molecule has 0 unspecified atom stereocenters. The summed E-state index contributed by atoms with van der Waals surface area (Å²) in [5.74, 6) is 0.288. The van der Waals surface area contributed by atoms with E-state index in [-0.39, 0.29) is 29.9 Å². The van der Waals surface area contributed by atoms with Crippen LogP contribution >= 0.6 is 0 Å². The third-order valence-electron chi connectivity index (χ3n) is 4.10. The van der Waals surface area contributed by atoms with E-state index in [1.54, 1.807) is 0 Å². The van der Waals surface area contributed by atoms with Crippen LogP contribution in [0.15, 0.2) is 29.2 Å². The van der Waals surface area contributed by atoms with Crippen LogP contribution in [-0.4, -0.2) is 28.1 Å². The van der Waals surface area contributed by atoms with Crippen LogP contribution in [0.1, 0.15) is 35.8 Å². The Labute approximate surface area is 141 Å². The van der Waals surface area contributed by atoms with Crippen LogP contribution < -0.4 is 10.9 Å². The lowest BCUT2D eigenvalue weighted by Gasteiger charge is -2.36. The highest BCUT2D eigenvalue weighted by molar-refractivity contribution is 5.47. The molecule has 0 spiro atoms. The summed E-state index contributed by atoms with van der Waals surface area (Å²) < 4.78 is 43.9. The Hall–Kier alpha value is -2.42. The molecule has 6 nitrogen and oxygen atoms in total. The van der Waals surface area contributed by atoms with Gasteiger partial charge in [-0.2, -0.15) is 13.2 Å². The SMILES string of the molecule is COCc1nc(C2CC(Nc3ncccc3C(F)(F)F)C2)cc(=O)[nH]1. The fourth-order valence-electron chi connectivity index (χ4n) is 2.86. The van der Waals surface area contributed by atoms with Gasteiger partial charge >= 0.3 is 6.18 Å². The van der Waals surface area contributed by atoms with E-state index in [1.807, 2.05) is 0 Å². The quantitative estimate of drug-likeness (QED) is 0.863. The fourth-order valence-corrected chi connectivity index (χ4v) is 2.86. The van der Waals surface area contributed by atoms with Gasteiger partial charge in [0.1, 0.15) is 18.2 Å². The van der Waals surface area contributed by atoms with Crippen molar-refractivity contribution in [2.45, 2.75) is 37.6 Å². The van der Waals surface area contributed by atoms with E-state index < -0.39 is 11.7 Å². The normalized spacial score (nSPS) is 20.2. The number of nitrogens with zero attached hydrogens (tertiary/aromatic N) is 2. The maximum absolute atomic E-state index is 13.0. The molecule has 1 saturated carbocycles. The Bertz CT molecular complexity index is 800. The number of anilines is 1. The smallest absolute Gasteiger partial charge is 0.377 e. The van der Waals surface area contributed by atoms with E-state index >= 15 is 0 Å². The van der Waals surface area contributed by atoms with Gasteiger partial charge in [0.2, 0.25) is 0 Å². The number of H-pyrrole nitrogens is 1. The molecule has 2 heterocycles. The topological polar surface area (TPSA) is 79.9 Å². The van der Waals surface area contributed by atoms with Crippen LogP contribution in [0.4, 0.5) is 19.0 Å². The molecule has 0 bridgehead atoms. The van der Waals surface area contributed by atoms with Crippen LogP contribution in [0.25, 0.3) is 0 Å². The second-order valence-corrected chi connectivity index (χ2v) is 5.96. The molecule has 134 valence electrons. The van der Waals surface area contributed by atoms with Crippen molar-refractivity contribution in [2.24, 2.45) is 0 Å². The van der Waals surface area contributed by atoms with E-state index in [9.17, 15) is 18.0 Å². The summed E-state index contributed by atoms with van der Waals surface area (Å²) in [6, 6.07) is 3.53. The van der Waals surface area contributed by atoms with Gasteiger partial charge in [-0.1, -0.05) is 0 Å². The summed E-state index contributed by atoms with van der Waals surface area (Å²) in [4.78, 5) is 22.4. The fraction of sp³-hybridized carbons (Fsp3) is 0.438. The second kappa shape index (κ2) is 6.83. The number of nitrogens with one attached hydrogen (secondary N) is 2. The predicted octanol–water partition coefficient (Wildman–Crippen LogP) is 2.69. The third kappa shape index (κ3) is 3.98. The minimum Gasteiger partial charge on any atom is -0.377 e. The number of ether oxygens (including phenoxy) is 1. The maximum atomic E-state index is 13.0. The Kier molecular flexibility index (Phi) is 4.76. The molecule has 0 aliphatic heterocycles. The maximum Gasteiger partial charge on any atom is 0.419 e. The van der Waals surface area contributed by atoms with Crippen LogP contribution in [0, 0.1) is 0 Å². The van der Waals surface area contributed by atoms with E-state index in [2.05, 4.69) is 20.3 Å².